The van der Waals surface area contributed by atoms with Crippen LogP contribution in [0.1, 0.15) is 16.5 Å². The molecule has 3 N–H and O–H groups in total. The minimum atomic E-state index is -0.317. The zero-order valence-corrected chi connectivity index (χ0v) is 14.3. The molecule has 1 aromatic carbocycles. The van der Waals surface area contributed by atoms with Crippen molar-refractivity contribution in [2.24, 2.45) is 5.84 Å². The maximum Gasteiger partial charge on any atom is 0.127 e. The lowest BCUT2D eigenvalue weighted by Gasteiger charge is -2.14. The molecule has 0 saturated heterocycles. The smallest absolute Gasteiger partial charge is 0.127 e. The van der Waals surface area contributed by atoms with Crippen molar-refractivity contribution in [3.8, 4) is 0 Å². The Morgan fingerprint density at radius 2 is 2.11 bits per heavy atom. The normalized spacial score (nSPS) is 12.7. The zero-order chi connectivity index (χ0) is 14.0. The highest BCUT2D eigenvalue weighted by molar-refractivity contribution is 9.13. The summed E-state index contributed by atoms with van der Waals surface area (Å²) in [6.07, 6.45) is 0.457. The Morgan fingerprint density at radius 1 is 1.37 bits per heavy atom. The van der Waals surface area contributed by atoms with E-state index in [0.717, 1.165) is 13.1 Å². The predicted molar refractivity (Wildman–Crippen MR) is 84.9 cm³/mol. The van der Waals surface area contributed by atoms with Gasteiger partial charge in [-0.05, 0) is 62.0 Å². The van der Waals surface area contributed by atoms with Crippen molar-refractivity contribution in [2.45, 2.75) is 12.5 Å². The van der Waals surface area contributed by atoms with Gasteiger partial charge in [-0.2, -0.15) is 0 Å². The first-order chi connectivity index (χ1) is 9.01. The highest BCUT2D eigenvalue weighted by Gasteiger charge is 2.17. The Kier molecular flexibility index (Phi) is 5.39. The van der Waals surface area contributed by atoms with Gasteiger partial charge in [0.2, 0.25) is 0 Å². The van der Waals surface area contributed by atoms with E-state index in [1.807, 2.05) is 6.07 Å². The van der Waals surface area contributed by atoms with Gasteiger partial charge in [-0.1, -0.05) is 17.7 Å². The van der Waals surface area contributed by atoms with E-state index in [2.05, 4.69) is 37.3 Å². The molecule has 0 aliphatic heterocycles. The highest BCUT2D eigenvalue weighted by atomic mass is 79.9. The fourth-order valence-corrected chi connectivity index (χ4v) is 3.99. The summed E-state index contributed by atoms with van der Waals surface area (Å²) in [7, 11) is 0. The van der Waals surface area contributed by atoms with Gasteiger partial charge in [-0.25, -0.2) is 4.39 Å². The molecule has 102 valence electrons. The first kappa shape index (κ1) is 15.4. The van der Waals surface area contributed by atoms with Crippen LogP contribution in [0.2, 0.25) is 5.02 Å². The Balaban J connectivity index is 2.23. The number of thiophene rings is 1. The molecule has 1 atom stereocenters. The molecule has 0 aliphatic carbocycles. The second-order valence-electron chi connectivity index (χ2n) is 3.93. The number of rotatable bonds is 4. The lowest BCUT2D eigenvalue weighted by molar-refractivity contribution is 0.535. The first-order valence-electron chi connectivity index (χ1n) is 5.36. The molecule has 0 saturated carbocycles. The zero-order valence-electron chi connectivity index (χ0n) is 9.59. The third-order valence-electron chi connectivity index (χ3n) is 2.65. The first-order valence-corrected chi connectivity index (χ1v) is 8.14. The Hall–Kier alpha value is 0.0200. The average Bonchev–Trinajstić information content (AvgIpc) is 2.68. The lowest BCUT2D eigenvalue weighted by atomic mass is 10.0. The van der Waals surface area contributed by atoms with Crippen molar-refractivity contribution in [1.29, 1.82) is 0 Å². The molecule has 0 fully saturated rings. The molecular weight excluding hydrogens is 418 g/mol. The second kappa shape index (κ2) is 6.65. The standard InChI is InChI=1S/C12H10Br2ClFN2S/c13-8-5-11(19-12(8)14)10(18-17)3-6-1-2-7(15)4-9(6)16/h1-2,4-5,10,18H,3,17H2. The van der Waals surface area contributed by atoms with Gasteiger partial charge in [0.1, 0.15) is 5.82 Å². The Morgan fingerprint density at radius 3 is 2.63 bits per heavy atom. The monoisotopic (exact) mass is 426 g/mol. The van der Waals surface area contributed by atoms with Gasteiger partial charge in [0, 0.05) is 14.4 Å². The fourth-order valence-electron chi connectivity index (χ4n) is 1.68. The molecule has 1 unspecified atom stereocenters. The molecule has 0 amide bonds. The van der Waals surface area contributed by atoms with E-state index in [1.54, 1.807) is 23.5 Å². The van der Waals surface area contributed by atoms with E-state index in [0.29, 0.717) is 17.0 Å². The van der Waals surface area contributed by atoms with Gasteiger partial charge in [0.25, 0.3) is 0 Å². The summed E-state index contributed by atoms with van der Waals surface area (Å²) in [6, 6.07) is 6.48. The third kappa shape index (κ3) is 3.77. The van der Waals surface area contributed by atoms with Crippen molar-refractivity contribution in [3.05, 3.63) is 53.8 Å². The third-order valence-corrected chi connectivity index (χ3v) is 6.25. The maximum absolute atomic E-state index is 13.8. The summed E-state index contributed by atoms with van der Waals surface area (Å²) >= 11 is 14.2. The molecule has 1 heterocycles. The van der Waals surface area contributed by atoms with E-state index in [4.69, 9.17) is 17.4 Å². The van der Waals surface area contributed by atoms with Crippen LogP contribution in [-0.4, -0.2) is 0 Å². The Labute approximate surface area is 136 Å². The summed E-state index contributed by atoms with van der Waals surface area (Å²) in [5.41, 5.74) is 3.30. The van der Waals surface area contributed by atoms with Gasteiger partial charge >= 0.3 is 0 Å². The predicted octanol–water partition coefficient (Wildman–Crippen LogP) is 4.81. The second-order valence-corrected chi connectivity index (χ2v) is 7.62. The van der Waals surface area contributed by atoms with E-state index < -0.39 is 0 Å². The molecule has 0 aliphatic rings. The van der Waals surface area contributed by atoms with Crippen LogP contribution in [0.25, 0.3) is 0 Å². The molecular formula is C12H10Br2ClFN2S. The van der Waals surface area contributed by atoms with E-state index >= 15 is 0 Å². The largest absolute Gasteiger partial charge is 0.271 e. The van der Waals surface area contributed by atoms with Crippen LogP contribution in [0.15, 0.2) is 32.5 Å². The minimum Gasteiger partial charge on any atom is -0.271 e. The Bertz CT molecular complexity index is 572. The summed E-state index contributed by atoms with van der Waals surface area (Å²) < 4.78 is 15.7. The van der Waals surface area contributed by atoms with Crippen molar-refractivity contribution in [3.63, 3.8) is 0 Å². The number of hydrazine groups is 1. The summed E-state index contributed by atoms with van der Waals surface area (Å²) in [4.78, 5) is 1.02. The van der Waals surface area contributed by atoms with Crippen LogP contribution in [-0.2, 0) is 6.42 Å². The van der Waals surface area contributed by atoms with E-state index in [1.165, 1.54) is 6.07 Å². The molecule has 1 aromatic heterocycles. The molecule has 0 radical (unpaired) electrons. The summed E-state index contributed by atoms with van der Waals surface area (Å²) in [6.45, 7) is 0. The van der Waals surface area contributed by atoms with Crippen molar-refractivity contribution in [2.75, 3.05) is 0 Å². The fraction of sp³-hybridized carbons (Fsp3) is 0.167. The van der Waals surface area contributed by atoms with Crippen LogP contribution in [0.4, 0.5) is 4.39 Å². The molecule has 19 heavy (non-hydrogen) atoms. The van der Waals surface area contributed by atoms with Crippen molar-refractivity contribution in [1.82, 2.24) is 5.43 Å². The number of hydrogen-bond donors (Lipinski definition) is 2. The topological polar surface area (TPSA) is 38.0 Å². The van der Waals surface area contributed by atoms with Crippen LogP contribution < -0.4 is 11.3 Å². The average molecular weight is 429 g/mol. The summed E-state index contributed by atoms with van der Waals surface area (Å²) in [5, 5.41) is 0.389. The number of nitrogens with one attached hydrogen (secondary N) is 1. The molecule has 2 rings (SSSR count). The van der Waals surface area contributed by atoms with Gasteiger partial charge in [0.15, 0.2) is 0 Å². The van der Waals surface area contributed by atoms with Gasteiger partial charge in [-0.15, -0.1) is 11.3 Å². The quantitative estimate of drug-likeness (QED) is 0.542. The molecule has 0 bridgehead atoms. The SMILES string of the molecule is NNC(Cc1ccc(Cl)cc1F)c1cc(Br)c(Br)s1. The molecule has 7 heteroatoms. The van der Waals surface area contributed by atoms with Crippen LogP contribution in [0, 0.1) is 5.82 Å². The number of benzene rings is 1. The molecule has 2 nitrogen and oxygen atoms in total. The van der Waals surface area contributed by atoms with Crippen LogP contribution >= 0.6 is 54.8 Å². The summed E-state index contributed by atoms with van der Waals surface area (Å²) in [5.74, 6) is 5.25. The maximum atomic E-state index is 13.8. The number of nitrogens with two attached hydrogens (primary N) is 1. The van der Waals surface area contributed by atoms with Crippen molar-refractivity contribution < 1.29 is 4.39 Å². The highest BCUT2D eigenvalue weighted by Crippen LogP contribution is 2.36. The van der Waals surface area contributed by atoms with E-state index in [-0.39, 0.29) is 11.9 Å². The lowest BCUT2D eigenvalue weighted by Crippen LogP contribution is -2.29. The molecule has 2 aromatic rings. The minimum absolute atomic E-state index is 0.150. The van der Waals surface area contributed by atoms with Gasteiger partial charge in [-0.3, -0.25) is 11.3 Å². The van der Waals surface area contributed by atoms with Crippen LogP contribution in [0.3, 0.4) is 0 Å². The van der Waals surface area contributed by atoms with Crippen LogP contribution in [0.5, 0.6) is 0 Å². The van der Waals surface area contributed by atoms with Crippen molar-refractivity contribution >= 4 is 54.8 Å². The molecule has 0 spiro atoms. The number of hydrogen-bond acceptors (Lipinski definition) is 3. The van der Waals surface area contributed by atoms with Gasteiger partial charge in [0.05, 0.1) is 9.83 Å². The number of halogens is 4. The van der Waals surface area contributed by atoms with Gasteiger partial charge < -0.3 is 0 Å². The van der Waals surface area contributed by atoms with E-state index in [9.17, 15) is 4.39 Å².